The van der Waals surface area contributed by atoms with E-state index in [-0.39, 0.29) is 0 Å². The molecule has 1 aromatic carbocycles. The molecule has 0 heterocycles. The lowest BCUT2D eigenvalue weighted by Gasteiger charge is -2.08. The van der Waals surface area contributed by atoms with Crippen LogP contribution in [0.4, 0.5) is 0 Å². The molecule has 0 saturated heterocycles. The zero-order valence-corrected chi connectivity index (χ0v) is 8.30. The molecular weight excluding hydrogens is 188 g/mol. The smallest absolute Gasteiger partial charge is 0.326 e. The van der Waals surface area contributed by atoms with Crippen molar-refractivity contribution in [2.45, 2.75) is 19.2 Å². The highest BCUT2D eigenvalue weighted by Crippen LogP contribution is 2.24. The standard InChI is InChI=1S/C10H11ClO2/c1-6-3-4-7(2)8(5-6)9(11)10(12)13/h3-5,9H,1-2H3,(H,12,13). The fourth-order valence-electron chi connectivity index (χ4n) is 1.17. The fourth-order valence-corrected chi connectivity index (χ4v) is 1.40. The first kappa shape index (κ1) is 10.1. The number of hydrogen-bond acceptors (Lipinski definition) is 1. The molecule has 0 aliphatic rings. The normalized spacial score (nSPS) is 12.5. The average molecular weight is 199 g/mol. The average Bonchev–Trinajstić information content (AvgIpc) is 2.08. The molecule has 0 saturated carbocycles. The molecule has 70 valence electrons. The van der Waals surface area contributed by atoms with Gasteiger partial charge in [0.05, 0.1) is 0 Å². The molecule has 0 fully saturated rings. The Hall–Kier alpha value is -1.02. The Kier molecular flexibility index (Phi) is 2.94. The largest absolute Gasteiger partial charge is 0.480 e. The van der Waals surface area contributed by atoms with Gasteiger partial charge in [-0.15, -0.1) is 11.6 Å². The summed E-state index contributed by atoms with van der Waals surface area (Å²) in [4.78, 5) is 10.6. The van der Waals surface area contributed by atoms with Gasteiger partial charge < -0.3 is 5.11 Å². The minimum Gasteiger partial charge on any atom is -0.480 e. The van der Waals surface area contributed by atoms with Crippen LogP contribution in [0.25, 0.3) is 0 Å². The molecule has 2 nitrogen and oxygen atoms in total. The minimum absolute atomic E-state index is 0.675. The predicted molar refractivity (Wildman–Crippen MR) is 52.1 cm³/mol. The number of carboxylic acid groups (broad SMARTS) is 1. The van der Waals surface area contributed by atoms with Crippen molar-refractivity contribution in [3.05, 3.63) is 34.9 Å². The summed E-state index contributed by atoms with van der Waals surface area (Å²) in [6, 6.07) is 5.62. The van der Waals surface area contributed by atoms with E-state index < -0.39 is 11.3 Å². The Morgan fingerprint density at radius 3 is 2.62 bits per heavy atom. The summed E-state index contributed by atoms with van der Waals surface area (Å²) < 4.78 is 0. The first-order valence-corrected chi connectivity index (χ1v) is 4.40. The molecule has 0 bridgehead atoms. The summed E-state index contributed by atoms with van der Waals surface area (Å²) in [6.07, 6.45) is 0. The number of aliphatic carboxylic acids is 1. The lowest BCUT2D eigenvalue weighted by Crippen LogP contribution is -2.06. The molecule has 0 amide bonds. The Labute approximate surface area is 82.2 Å². The zero-order chi connectivity index (χ0) is 10.0. The molecule has 1 aromatic rings. The summed E-state index contributed by atoms with van der Waals surface area (Å²) in [5, 5.41) is 7.77. The SMILES string of the molecule is Cc1ccc(C)c(C(Cl)C(=O)O)c1. The number of hydrogen-bond donors (Lipinski definition) is 1. The quantitative estimate of drug-likeness (QED) is 0.742. The molecule has 1 unspecified atom stereocenters. The van der Waals surface area contributed by atoms with Gasteiger partial charge in [0, 0.05) is 0 Å². The maximum atomic E-state index is 10.6. The van der Waals surface area contributed by atoms with Gasteiger partial charge in [0.25, 0.3) is 0 Å². The number of carboxylic acids is 1. The van der Waals surface area contributed by atoms with Crippen molar-refractivity contribution in [2.24, 2.45) is 0 Å². The van der Waals surface area contributed by atoms with Gasteiger partial charge in [-0.1, -0.05) is 23.8 Å². The Morgan fingerprint density at radius 1 is 1.46 bits per heavy atom. The van der Waals surface area contributed by atoms with Crippen molar-refractivity contribution in [3.63, 3.8) is 0 Å². The number of halogens is 1. The number of aryl methyl sites for hydroxylation is 2. The lowest BCUT2D eigenvalue weighted by molar-refractivity contribution is -0.136. The van der Waals surface area contributed by atoms with Crippen molar-refractivity contribution < 1.29 is 9.90 Å². The summed E-state index contributed by atoms with van der Waals surface area (Å²) in [5.74, 6) is -1.00. The second kappa shape index (κ2) is 3.79. The highest BCUT2D eigenvalue weighted by Gasteiger charge is 2.17. The van der Waals surface area contributed by atoms with Crippen LogP contribution in [0.1, 0.15) is 22.1 Å². The van der Waals surface area contributed by atoms with E-state index in [2.05, 4.69) is 0 Å². The third-order valence-corrected chi connectivity index (χ3v) is 2.35. The molecule has 1 atom stereocenters. The molecule has 3 heteroatoms. The minimum atomic E-state index is -1.00. The van der Waals surface area contributed by atoms with Crippen LogP contribution in [0.3, 0.4) is 0 Å². The van der Waals surface area contributed by atoms with E-state index >= 15 is 0 Å². The molecule has 0 aliphatic heterocycles. The van der Waals surface area contributed by atoms with Crippen LogP contribution in [0, 0.1) is 13.8 Å². The van der Waals surface area contributed by atoms with E-state index in [1.54, 1.807) is 6.07 Å². The Bertz CT molecular complexity index is 334. The van der Waals surface area contributed by atoms with Crippen molar-refractivity contribution >= 4 is 17.6 Å². The topological polar surface area (TPSA) is 37.3 Å². The third kappa shape index (κ3) is 2.22. The van der Waals surface area contributed by atoms with Crippen LogP contribution in [-0.4, -0.2) is 11.1 Å². The second-order valence-corrected chi connectivity index (χ2v) is 3.50. The van der Waals surface area contributed by atoms with Crippen molar-refractivity contribution in [3.8, 4) is 0 Å². The number of benzene rings is 1. The summed E-state index contributed by atoms with van der Waals surface area (Å²) in [6.45, 7) is 3.77. The molecule has 0 spiro atoms. The maximum absolute atomic E-state index is 10.6. The van der Waals surface area contributed by atoms with Gasteiger partial charge in [-0.05, 0) is 25.0 Å². The predicted octanol–water partition coefficient (Wildman–Crippen LogP) is 2.67. The molecule has 0 aromatic heterocycles. The van der Waals surface area contributed by atoms with Crippen LogP contribution in [0.5, 0.6) is 0 Å². The van der Waals surface area contributed by atoms with Crippen LogP contribution in [0.15, 0.2) is 18.2 Å². The molecule has 0 aliphatic carbocycles. The summed E-state index contributed by atoms with van der Waals surface area (Å²) >= 11 is 5.72. The highest BCUT2D eigenvalue weighted by molar-refractivity contribution is 6.29. The zero-order valence-electron chi connectivity index (χ0n) is 7.54. The third-order valence-electron chi connectivity index (χ3n) is 1.92. The van der Waals surface area contributed by atoms with E-state index in [0.29, 0.717) is 5.56 Å². The fraction of sp³-hybridized carbons (Fsp3) is 0.300. The Morgan fingerprint density at radius 2 is 2.08 bits per heavy atom. The Balaban J connectivity index is 3.12. The van der Waals surface area contributed by atoms with Gasteiger partial charge in [-0.25, -0.2) is 0 Å². The van der Waals surface area contributed by atoms with Crippen LogP contribution >= 0.6 is 11.6 Å². The number of alkyl halides is 1. The maximum Gasteiger partial charge on any atom is 0.326 e. The van der Waals surface area contributed by atoms with Crippen molar-refractivity contribution in [1.82, 2.24) is 0 Å². The molecule has 1 rings (SSSR count). The van der Waals surface area contributed by atoms with Gasteiger partial charge in [0.2, 0.25) is 0 Å². The van der Waals surface area contributed by atoms with Crippen molar-refractivity contribution in [1.29, 1.82) is 0 Å². The molecular formula is C10H11ClO2. The molecule has 13 heavy (non-hydrogen) atoms. The van der Waals surface area contributed by atoms with E-state index in [4.69, 9.17) is 16.7 Å². The first-order valence-electron chi connectivity index (χ1n) is 3.96. The van der Waals surface area contributed by atoms with E-state index in [0.717, 1.165) is 11.1 Å². The number of carbonyl (C=O) groups is 1. The van der Waals surface area contributed by atoms with E-state index in [1.165, 1.54) is 0 Å². The van der Waals surface area contributed by atoms with Gasteiger partial charge in [-0.3, -0.25) is 4.79 Å². The van der Waals surface area contributed by atoms with Gasteiger partial charge in [0.1, 0.15) is 0 Å². The van der Waals surface area contributed by atoms with Gasteiger partial charge in [0.15, 0.2) is 5.38 Å². The van der Waals surface area contributed by atoms with Crippen LogP contribution in [0.2, 0.25) is 0 Å². The highest BCUT2D eigenvalue weighted by atomic mass is 35.5. The van der Waals surface area contributed by atoms with Crippen LogP contribution in [-0.2, 0) is 4.79 Å². The molecule has 1 N–H and O–H groups in total. The molecule has 0 radical (unpaired) electrons. The lowest BCUT2D eigenvalue weighted by atomic mass is 10.0. The van der Waals surface area contributed by atoms with Crippen LogP contribution < -0.4 is 0 Å². The first-order chi connectivity index (χ1) is 6.02. The van der Waals surface area contributed by atoms with E-state index in [1.807, 2.05) is 26.0 Å². The summed E-state index contributed by atoms with van der Waals surface area (Å²) in [5.41, 5.74) is 2.61. The van der Waals surface area contributed by atoms with Gasteiger partial charge in [-0.2, -0.15) is 0 Å². The number of rotatable bonds is 2. The van der Waals surface area contributed by atoms with Crippen molar-refractivity contribution in [2.75, 3.05) is 0 Å². The summed E-state index contributed by atoms with van der Waals surface area (Å²) in [7, 11) is 0. The van der Waals surface area contributed by atoms with E-state index in [9.17, 15) is 4.79 Å². The monoisotopic (exact) mass is 198 g/mol. The second-order valence-electron chi connectivity index (χ2n) is 3.06. The van der Waals surface area contributed by atoms with Gasteiger partial charge >= 0.3 is 5.97 Å².